The van der Waals surface area contributed by atoms with Gasteiger partial charge in [0.15, 0.2) is 0 Å². The maximum Gasteiger partial charge on any atom is 0.0342 e. The highest BCUT2D eigenvalue weighted by atomic mass is 32.2. The van der Waals surface area contributed by atoms with E-state index < -0.39 is 11.1 Å². The van der Waals surface area contributed by atoms with Crippen molar-refractivity contribution in [3.8, 4) is 0 Å². The van der Waals surface area contributed by atoms with Crippen LogP contribution in [0.25, 0.3) is 20.2 Å². The molecule has 0 aliphatic heterocycles. The van der Waals surface area contributed by atoms with Gasteiger partial charge >= 0.3 is 0 Å². The van der Waals surface area contributed by atoms with Crippen molar-refractivity contribution in [3.05, 3.63) is 71.4 Å². The third-order valence-corrected chi connectivity index (χ3v) is 5.23. The summed E-state index contributed by atoms with van der Waals surface area (Å²) in [5, 5.41) is 6.93. The number of benzene rings is 2. The molecule has 5 heteroatoms. The van der Waals surface area contributed by atoms with E-state index in [1.165, 1.54) is 20.2 Å². The second-order valence-electron chi connectivity index (χ2n) is 4.51. The summed E-state index contributed by atoms with van der Waals surface area (Å²) in [7, 11) is 0. The molecule has 0 saturated carbocycles. The molecule has 120 valence electrons. The molecule has 4 rings (SSSR count). The molecular formula is C18H17O2S3-. The Kier molecular flexibility index (Phi) is 7.42. The van der Waals surface area contributed by atoms with Crippen molar-refractivity contribution in [3.63, 3.8) is 0 Å². The van der Waals surface area contributed by atoms with Gasteiger partial charge in [-0.1, -0.05) is 54.4 Å². The highest BCUT2D eigenvalue weighted by molar-refractivity contribution is 7.79. The first-order valence-electron chi connectivity index (χ1n) is 7.11. The minimum Gasteiger partial charge on any atom is -0.772 e. The molecule has 2 heterocycles. The van der Waals surface area contributed by atoms with E-state index in [2.05, 4.69) is 71.4 Å². The number of fused-ring (bicyclic) bond motifs is 2. The molecule has 0 radical (unpaired) electrons. The topological polar surface area (TPSA) is 40.1 Å². The van der Waals surface area contributed by atoms with Gasteiger partial charge in [0.2, 0.25) is 0 Å². The highest BCUT2D eigenvalue weighted by Gasteiger charge is 1.88. The van der Waals surface area contributed by atoms with E-state index in [0.29, 0.717) is 0 Å². The summed E-state index contributed by atoms with van der Waals surface area (Å²) < 4.78 is 21.5. The molecule has 0 spiro atoms. The molecule has 23 heavy (non-hydrogen) atoms. The van der Waals surface area contributed by atoms with E-state index in [-0.39, 0.29) is 5.75 Å². The zero-order chi connectivity index (χ0) is 16.5. The van der Waals surface area contributed by atoms with Crippen molar-refractivity contribution < 1.29 is 8.76 Å². The normalized spacial score (nSPS) is 11.2. The number of rotatable bonds is 1. The molecule has 2 aromatic carbocycles. The molecule has 4 aromatic rings. The van der Waals surface area contributed by atoms with Crippen LogP contribution in [0.2, 0.25) is 0 Å². The molecule has 2 aromatic heterocycles. The lowest BCUT2D eigenvalue weighted by atomic mass is 10.3. The van der Waals surface area contributed by atoms with E-state index in [1.54, 1.807) is 29.6 Å². The quantitative estimate of drug-likeness (QED) is 0.409. The molecular weight excluding hydrogens is 344 g/mol. The van der Waals surface area contributed by atoms with Crippen LogP contribution in [0.15, 0.2) is 71.4 Å². The maximum atomic E-state index is 9.37. The molecule has 0 aliphatic carbocycles. The van der Waals surface area contributed by atoms with Crippen LogP contribution in [0, 0.1) is 0 Å². The van der Waals surface area contributed by atoms with Gasteiger partial charge in [0.05, 0.1) is 0 Å². The minimum atomic E-state index is -1.82. The van der Waals surface area contributed by atoms with E-state index >= 15 is 0 Å². The van der Waals surface area contributed by atoms with Crippen molar-refractivity contribution >= 4 is 53.9 Å². The van der Waals surface area contributed by atoms with Gasteiger partial charge in [-0.25, -0.2) is 0 Å². The van der Waals surface area contributed by atoms with Gasteiger partial charge in [0.1, 0.15) is 0 Å². The summed E-state index contributed by atoms with van der Waals surface area (Å²) in [5.74, 6) is 0.222. The number of hydrogen-bond donors (Lipinski definition) is 0. The second kappa shape index (κ2) is 9.57. The Bertz CT molecular complexity index is 738. The zero-order valence-electron chi connectivity index (χ0n) is 12.7. The Morgan fingerprint density at radius 2 is 1.22 bits per heavy atom. The number of thiophene rings is 2. The average molecular weight is 362 g/mol. The third-order valence-electron chi connectivity index (χ3n) is 2.96. The van der Waals surface area contributed by atoms with Crippen molar-refractivity contribution in [2.24, 2.45) is 0 Å². The van der Waals surface area contributed by atoms with Crippen molar-refractivity contribution in [2.75, 3.05) is 5.75 Å². The lowest BCUT2D eigenvalue weighted by Crippen LogP contribution is -1.85. The molecule has 0 amide bonds. The van der Waals surface area contributed by atoms with Crippen molar-refractivity contribution in [1.29, 1.82) is 0 Å². The molecule has 0 aliphatic rings. The lowest BCUT2D eigenvalue weighted by molar-refractivity contribution is 0.538. The molecule has 1 unspecified atom stereocenters. The average Bonchev–Trinajstić information content (AvgIpc) is 3.24. The third kappa shape index (κ3) is 5.88. The fraction of sp³-hybridized carbons (Fsp3) is 0.111. The Hall–Kier alpha value is -1.53. The predicted molar refractivity (Wildman–Crippen MR) is 103 cm³/mol. The van der Waals surface area contributed by atoms with Gasteiger partial charge in [0.25, 0.3) is 0 Å². The lowest BCUT2D eigenvalue weighted by Gasteiger charge is -1.93. The van der Waals surface area contributed by atoms with Crippen LogP contribution in [0.1, 0.15) is 6.92 Å². The predicted octanol–water partition coefficient (Wildman–Crippen LogP) is 5.69. The van der Waals surface area contributed by atoms with E-state index in [4.69, 9.17) is 0 Å². The second-order valence-corrected chi connectivity index (χ2v) is 7.59. The monoisotopic (exact) mass is 361 g/mol. The van der Waals surface area contributed by atoms with Gasteiger partial charge in [-0.05, 0) is 45.8 Å². The minimum absolute atomic E-state index is 0.222. The molecule has 0 bridgehead atoms. The van der Waals surface area contributed by atoms with Gasteiger partial charge < -0.3 is 4.55 Å². The summed E-state index contributed by atoms with van der Waals surface area (Å²) >= 11 is 1.75. The van der Waals surface area contributed by atoms with Crippen LogP contribution >= 0.6 is 22.7 Å². The first kappa shape index (κ1) is 17.8. The first-order valence-corrected chi connectivity index (χ1v) is 10.1. The maximum absolute atomic E-state index is 9.37. The Labute approximate surface area is 146 Å². The van der Waals surface area contributed by atoms with E-state index in [1.807, 2.05) is 0 Å². The standard InChI is InChI=1S/2C8H6S.C2H6O2S/c2*1-2-4-8-7(3-1)5-6-9-8;1-2-5(3)4/h2*1-6H;2H2,1H3,(H,3,4)/p-1. The first-order chi connectivity index (χ1) is 11.2. The smallest absolute Gasteiger partial charge is 0.0342 e. The van der Waals surface area contributed by atoms with E-state index in [0.717, 1.165) is 0 Å². The van der Waals surface area contributed by atoms with Crippen LogP contribution < -0.4 is 0 Å². The van der Waals surface area contributed by atoms with Crippen LogP contribution in [-0.2, 0) is 11.1 Å². The fourth-order valence-electron chi connectivity index (χ4n) is 1.81. The summed E-state index contributed by atoms with van der Waals surface area (Å²) in [6.45, 7) is 1.59. The fourth-order valence-corrected chi connectivity index (χ4v) is 3.39. The van der Waals surface area contributed by atoms with Crippen molar-refractivity contribution in [2.45, 2.75) is 6.92 Å². The molecule has 0 saturated heterocycles. The summed E-state index contributed by atoms with van der Waals surface area (Å²) in [6.07, 6.45) is 0. The van der Waals surface area contributed by atoms with Crippen LogP contribution in [0.4, 0.5) is 0 Å². The Morgan fingerprint density at radius 1 is 0.826 bits per heavy atom. The summed E-state index contributed by atoms with van der Waals surface area (Å²) in [6, 6.07) is 21.1. The number of hydrogen-bond acceptors (Lipinski definition) is 4. The molecule has 2 nitrogen and oxygen atoms in total. The summed E-state index contributed by atoms with van der Waals surface area (Å²) in [4.78, 5) is 0. The Balaban J connectivity index is 0.000000132. The van der Waals surface area contributed by atoms with Gasteiger partial charge in [-0.3, -0.25) is 4.21 Å². The molecule has 0 N–H and O–H groups in total. The molecule has 0 fully saturated rings. The van der Waals surface area contributed by atoms with Gasteiger partial charge in [-0.2, -0.15) is 0 Å². The van der Waals surface area contributed by atoms with Gasteiger partial charge in [-0.15, -0.1) is 22.7 Å². The Morgan fingerprint density at radius 3 is 1.57 bits per heavy atom. The van der Waals surface area contributed by atoms with Gasteiger partial charge in [0, 0.05) is 15.2 Å². The van der Waals surface area contributed by atoms with Crippen molar-refractivity contribution in [1.82, 2.24) is 0 Å². The summed E-state index contributed by atoms with van der Waals surface area (Å²) in [5.41, 5.74) is 0. The van der Waals surface area contributed by atoms with E-state index in [9.17, 15) is 8.76 Å². The molecule has 1 atom stereocenters. The zero-order valence-corrected chi connectivity index (χ0v) is 15.1. The highest BCUT2D eigenvalue weighted by Crippen LogP contribution is 2.19. The van der Waals surface area contributed by atoms with Crippen LogP contribution in [0.5, 0.6) is 0 Å². The largest absolute Gasteiger partial charge is 0.772 e. The van der Waals surface area contributed by atoms with Crippen LogP contribution in [-0.4, -0.2) is 14.5 Å². The SMILES string of the molecule is CCS(=O)[O-].c1ccc2sccc2c1.c1ccc2sccc2c1. The van der Waals surface area contributed by atoms with Crippen LogP contribution in [0.3, 0.4) is 0 Å².